The van der Waals surface area contributed by atoms with Crippen molar-refractivity contribution < 1.29 is 13.9 Å². The first-order valence-electron chi connectivity index (χ1n) is 6.20. The fourth-order valence-electron chi connectivity index (χ4n) is 2.02. The molecule has 20 heavy (non-hydrogen) atoms. The molecule has 0 saturated heterocycles. The maximum absolute atomic E-state index is 14.1. The van der Waals surface area contributed by atoms with Gasteiger partial charge in [-0.1, -0.05) is 30.2 Å². The lowest BCUT2D eigenvalue weighted by atomic mass is 9.99. The quantitative estimate of drug-likeness (QED) is 0.848. The van der Waals surface area contributed by atoms with Crippen molar-refractivity contribution in [1.82, 2.24) is 0 Å². The molecule has 0 amide bonds. The number of aliphatic hydroxyl groups excluding tert-OH is 1. The third-order valence-electron chi connectivity index (χ3n) is 3.07. The molecule has 1 unspecified atom stereocenters. The fraction of sp³-hybridized carbons (Fsp3) is 0.176. The van der Waals surface area contributed by atoms with Crippen molar-refractivity contribution in [3.8, 4) is 23.5 Å². The molecule has 1 nitrogen and oxygen atoms in total. The predicted octanol–water partition coefficient (Wildman–Crippen LogP) is 3.48. The van der Waals surface area contributed by atoms with Gasteiger partial charge in [-0.15, -0.1) is 6.42 Å². The molecule has 0 aliphatic heterocycles. The molecule has 0 aromatic heterocycles. The standard InChI is InChI=1S/C17H14F2O/c1-3-13(20)9-12-5-7-15(17(19)10-12)14-6-4-11(2)8-16(14)18/h1,4-8,10,13,20H,9H2,2H3. The van der Waals surface area contributed by atoms with Crippen molar-refractivity contribution in [3.63, 3.8) is 0 Å². The van der Waals surface area contributed by atoms with Crippen molar-refractivity contribution >= 4 is 0 Å². The number of halogens is 2. The van der Waals surface area contributed by atoms with E-state index in [1.54, 1.807) is 25.1 Å². The Bertz CT molecular complexity index is 671. The van der Waals surface area contributed by atoms with Gasteiger partial charge in [0.25, 0.3) is 0 Å². The van der Waals surface area contributed by atoms with Gasteiger partial charge >= 0.3 is 0 Å². The van der Waals surface area contributed by atoms with Gasteiger partial charge in [-0.25, -0.2) is 8.78 Å². The van der Waals surface area contributed by atoms with E-state index in [0.717, 1.165) is 5.56 Å². The first kappa shape index (κ1) is 14.2. The van der Waals surface area contributed by atoms with Crippen molar-refractivity contribution in [2.24, 2.45) is 0 Å². The Balaban J connectivity index is 2.37. The van der Waals surface area contributed by atoms with Crippen LogP contribution in [0, 0.1) is 30.9 Å². The number of benzene rings is 2. The molecule has 1 atom stereocenters. The van der Waals surface area contributed by atoms with Crippen LogP contribution >= 0.6 is 0 Å². The van der Waals surface area contributed by atoms with Gasteiger partial charge in [-0.2, -0.15) is 0 Å². The highest BCUT2D eigenvalue weighted by molar-refractivity contribution is 5.65. The number of rotatable bonds is 3. The number of terminal acetylenes is 1. The Morgan fingerprint density at radius 1 is 1.10 bits per heavy atom. The van der Waals surface area contributed by atoms with E-state index in [-0.39, 0.29) is 17.5 Å². The van der Waals surface area contributed by atoms with E-state index in [1.807, 2.05) is 0 Å². The van der Waals surface area contributed by atoms with Crippen LogP contribution in [0.4, 0.5) is 8.78 Å². The lowest BCUT2D eigenvalue weighted by Crippen LogP contribution is -2.07. The van der Waals surface area contributed by atoms with Crippen LogP contribution in [-0.2, 0) is 6.42 Å². The number of aryl methyl sites for hydroxylation is 1. The molecule has 0 aliphatic carbocycles. The number of aliphatic hydroxyl groups is 1. The largest absolute Gasteiger partial charge is 0.380 e. The van der Waals surface area contributed by atoms with Crippen molar-refractivity contribution in [2.75, 3.05) is 0 Å². The molecule has 0 bridgehead atoms. The van der Waals surface area contributed by atoms with Crippen LogP contribution in [0.3, 0.4) is 0 Å². The summed E-state index contributed by atoms with van der Waals surface area (Å²) in [5.74, 6) is 1.18. The second-order valence-electron chi connectivity index (χ2n) is 4.68. The summed E-state index contributed by atoms with van der Waals surface area (Å²) in [7, 11) is 0. The maximum Gasteiger partial charge on any atom is 0.131 e. The van der Waals surface area contributed by atoms with Crippen LogP contribution in [0.1, 0.15) is 11.1 Å². The summed E-state index contributed by atoms with van der Waals surface area (Å²) >= 11 is 0. The normalized spacial score (nSPS) is 11.9. The van der Waals surface area contributed by atoms with Gasteiger partial charge in [0.15, 0.2) is 0 Å². The Morgan fingerprint density at radius 2 is 1.70 bits per heavy atom. The van der Waals surface area contributed by atoms with Crippen LogP contribution in [0.5, 0.6) is 0 Å². The molecule has 2 aromatic carbocycles. The summed E-state index contributed by atoms with van der Waals surface area (Å²) in [6.07, 6.45) is 4.29. The zero-order valence-electron chi connectivity index (χ0n) is 11.0. The van der Waals surface area contributed by atoms with Crippen molar-refractivity contribution in [2.45, 2.75) is 19.4 Å². The average Bonchev–Trinajstić information content (AvgIpc) is 2.40. The summed E-state index contributed by atoms with van der Waals surface area (Å²) in [4.78, 5) is 0. The Kier molecular flexibility index (Phi) is 4.16. The zero-order valence-corrected chi connectivity index (χ0v) is 11.0. The molecule has 0 saturated carbocycles. The minimum Gasteiger partial charge on any atom is -0.380 e. The Morgan fingerprint density at radius 3 is 2.25 bits per heavy atom. The van der Waals surface area contributed by atoms with Crippen LogP contribution in [0.2, 0.25) is 0 Å². The van der Waals surface area contributed by atoms with E-state index >= 15 is 0 Å². The molecule has 3 heteroatoms. The Hall–Kier alpha value is -2.18. The topological polar surface area (TPSA) is 20.2 Å². The zero-order chi connectivity index (χ0) is 14.7. The van der Waals surface area contributed by atoms with Crippen LogP contribution in [0.15, 0.2) is 36.4 Å². The van der Waals surface area contributed by atoms with Gasteiger partial charge in [-0.3, -0.25) is 0 Å². The molecule has 1 N–H and O–H groups in total. The smallest absolute Gasteiger partial charge is 0.131 e. The van der Waals surface area contributed by atoms with E-state index in [9.17, 15) is 13.9 Å². The van der Waals surface area contributed by atoms with Crippen LogP contribution in [-0.4, -0.2) is 11.2 Å². The first-order valence-corrected chi connectivity index (χ1v) is 6.20. The highest BCUT2D eigenvalue weighted by Gasteiger charge is 2.12. The van der Waals surface area contributed by atoms with Crippen LogP contribution < -0.4 is 0 Å². The van der Waals surface area contributed by atoms with Gasteiger partial charge in [0, 0.05) is 17.5 Å². The highest BCUT2D eigenvalue weighted by atomic mass is 19.1. The number of hydrogen-bond donors (Lipinski definition) is 1. The summed E-state index contributed by atoms with van der Waals surface area (Å²) < 4.78 is 27.9. The average molecular weight is 272 g/mol. The predicted molar refractivity (Wildman–Crippen MR) is 75.1 cm³/mol. The monoisotopic (exact) mass is 272 g/mol. The molecule has 0 radical (unpaired) electrons. The molecule has 0 fully saturated rings. The van der Waals surface area contributed by atoms with Crippen LogP contribution in [0.25, 0.3) is 11.1 Å². The summed E-state index contributed by atoms with van der Waals surface area (Å²) in [5.41, 5.74) is 1.77. The lowest BCUT2D eigenvalue weighted by molar-refractivity contribution is 0.233. The van der Waals surface area contributed by atoms with E-state index in [2.05, 4.69) is 5.92 Å². The van der Waals surface area contributed by atoms with Gasteiger partial charge < -0.3 is 5.11 Å². The van der Waals surface area contributed by atoms with Crippen molar-refractivity contribution in [3.05, 3.63) is 59.2 Å². The molecule has 2 aromatic rings. The number of hydrogen-bond acceptors (Lipinski definition) is 1. The Labute approximate surface area is 116 Å². The minimum absolute atomic E-state index is 0.171. The molecule has 0 spiro atoms. The summed E-state index contributed by atoms with van der Waals surface area (Å²) in [5, 5.41) is 9.34. The highest BCUT2D eigenvalue weighted by Crippen LogP contribution is 2.27. The van der Waals surface area contributed by atoms with E-state index in [1.165, 1.54) is 18.2 Å². The van der Waals surface area contributed by atoms with Gasteiger partial charge in [-0.05, 0) is 30.2 Å². The second-order valence-corrected chi connectivity index (χ2v) is 4.68. The van der Waals surface area contributed by atoms with Gasteiger partial charge in [0.1, 0.15) is 17.7 Å². The second kappa shape index (κ2) is 5.85. The SMILES string of the molecule is C#CC(O)Cc1ccc(-c2ccc(C)cc2F)c(F)c1. The molecular weight excluding hydrogens is 258 g/mol. The molecule has 0 aliphatic rings. The third kappa shape index (κ3) is 3.04. The molecule has 102 valence electrons. The van der Waals surface area contributed by atoms with Gasteiger partial charge in [0.05, 0.1) is 0 Å². The van der Waals surface area contributed by atoms with Gasteiger partial charge in [0.2, 0.25) is 0 Å². The molecule has 0 heterocycles. The van der Waals surface area contributed by atoms with E-state index in [0.29, 0.717) is 5.56 Å². The van der Waals surface area contributed by atoms with E-state index < -0.39 is 17.7 Å². The summed E-state index contributed by atoms with van der Waals surface area (Å²) in [6, 6.07) is 9.06. The van der Waals surface area contributed by atoms with Crippen molar-refractivity contribution in [1.29, 1.82) is 0 Å². The molecular formula is C17H14F2O. The maximum atomic E-state index is 14.1. The molecule has 2 rings (SSSR count). The third-order valence-corrected chi connectivity index (χ3v) is 3.07. The van der Waals surface area contributed by atoms with E-state index in [4.69, 9.17) is 6.42 Å². The lowest BCUT2D eigenvalue weighted by Gasteiger charge is -2.09. The minimum atomic E-state index is -0.948. The first-order chi connectivity index (χ1) is 9.51. The fourth-order valence-corrected chi connectivity index (χ4v) is 2.02. The summed E-state index contributed by atoms with van der Waals surface area (Å²) in [6.45, 7) is 1.77.